The highest BCUT2D eigenvalue weighted by molar-refractivity contribution is 5.91. The van der Waals surface area contributed by atoms with Gasteiger partial charge in [-0.2, -0.15) is 0 Å². The third kappa shape index (κ3) is 14.2. The average Bonchev–Trinajstić information content (AvgIpc) is 3.25. The minimum Gasteiger partial charge on any atom is -0.462 e. The fraction of sp³-hybridized carbons (Fsp3) is 0.870. The van der Waals surface area contributed by atoms with Crippen LogP contribution in [0.4, 0.5) is 0 Å². The predicted octanol–water partition coefficient (Wildman–Crippen LogP) is 2.94. The Morgan fingerprint density at radius 2 is 1.56 bits per heavy atom. The molecule has 4 rings (SSSR count). The number of carbonyl (C=O) groups is 2. The summed E-state index contributed by atoms with van der Waals surface area (Å²) in [5, 5.41) is 59.8. The molecule has 21 atom stereocenters. The monoisotopic (exact) mass is 943 g/mol. The zero-order valence-corrected chi connectivity index (χ0v) is 40.7. The van der Waals surface area contributed by atoms with E-state index in [0.717, 1.165) is 0 Å². The summed E-state index contributed by atoms with van der Waals surface area (Å²) in [6, 6.07) is -0.746. The van der Waals surface area contributed by atoms with Gasteiger partial charge in [0.25, 0.3) is 0 Å². The maximum absolute atomic E-state index is 13.9. The standard InChI is InChI=1S/C46H78N4O16/c1-13-33-30(22-60-45-42(59-12)41(58-11)37(54)26(5)62-45)18-23(2)14-15-31(51)24(3)19-29(16-17-48-49-47)39(25(4)32(52)20-34(53)64-33)66-44-38(55)36(50(9)10)40(27(6)63-44)65-35-21-46(8,57)43(56)28(7)61-35/h14-15,18,24-30,32-33,35-45,52,54-57H,13,16-17,19-22H2,1-12H3/b15-14+,23-18+/t24-,25+,26-,27-,28+,29+,30-,32-,33-,35+,36-,37-,38-,39-,40-,41-,42-,43+,44+,45-,46-/m1/s1. The number of aliphatic hydroxyl groups excluding tert-OH is 4. The van der Waals surface area contributed by atoms with Crippen molar-refractivity contribution in [1.82, 2.24) is 4.90 Å². The first-order chi connectivity index (χ1) is 31.1. The number of methoxy groups -OCH3 is 2. The smallest absolute Gasteiger partial charge is 0.308 e. The highest BCUT2D eigenvalue weighted by atomic mass is 16.7. The van der Waals surface area contributed by atoms with Gasteiger partial charge in [0.15, 0.2) is 24.7 Å². The first-order valence-electron chi connectivity index (χ1n) is 23.2. The summed E-state index contributed by atoms with van der Waals surface area (Å²) in [6.07, 6.45) is -8.74. The molecule has 0 saturated carbocycles. The van der Waals surface area contributed by atoms with Crippen LogP contribution in [0.25, 0.3) is 10.4 Å². The van der Waals surface area contributed by atoms with Crippen LogP contribution in [0.5, 0.6) is 0 Å². The van der Waals surface area contributed by atoms with E-state index < -0.39 is 140 Å². The number of azide groups is 1. The van der Waals surface area contributed by atoms with Gasteiger partial charge < -0.3 is 73.1 Å². The van der Waals surface area contributed by atoms with Crippen molar-refractivity contribution in [1.29, 1.82) is 0 Å². The molecule has 0 bridgehead atoms. The van der Waals surface area contributed by atoms with Gasteiger partial charge in [0.05, 0.1) is 55.2 Å². The van der Waals surface area contributed by atoms with Crippen LogP contribution in [-0.2, 0) is 52.2 Å². The number of rotatable bonds is 14. The molecule has 0 aromatic carbocycles. The Bertz CT molecular complexity index is 1660. The maximum Gasteiger partial charge on any atom is 0.308 e. The molecule has 3 saturated heterocycles. The number of hydrogen-bond donors (Lipinski definition) is 5. The van der Waals surface area contributed by atoms with Crippen molar-refractivity contribution in [2.75, 3.05) is 41.5 Å². The Morgan fingerprint density at radius 1 is 0.894 bits per heavy atom. The summed E-state index contributed by atoms with van der Waals surface area (Å²) in [6.45, 7) is 13.8. The fourth-order valence-corrected chi connectivity index (χ4v) is 9.71. The van der Waals surface area contributed by atoms with Gasteiger partial charge in [-0.05, 0) is 85.5 Å². The highest BCUT2D eigenvalue weighted by Gasteiger charge is 2.52. The minimum absolute atomic E-state index is 0.00839. The molecule has 4 heterocycles. The normalized spacial score (nSPS) is 44.8. The molecule has 20 heteroatoms. The van der Waals surface area contributed by atoms with E-state index in [2.05, 4.69) is 10.0 Å². The third-order valence-electron chi connectivity index (χ3n) is 13.7. The number of likely N-dealkylation sites (N-methyl/N-ethyl adjacent to an activating group) is 1. The Labute approximate surface area is 389 Å². The Morgan fingerprint density at radius 3 is 2.17 bits per heavy atom. The Balaban J connectivity index is 1.65. The molecule has 5 N–H and O–H groups in total. The molecule has 0 amide bonds. The lowest BCUT2D eigenvalue weighted by Crippen LogP contribution is -2.65. The number of carbonyl (C=O) groups excluding carboxylic acids is 2. The topological polar surface area (TPSA) is 270 Å². The third-order valence-corrected chi connectivity index (χ3v) is 13.7. The molecular weight excluding hydrogens is 865 g/mol. The summed E-state index contributed by atoms with van der Waals surface area (Å²) in [4.78, 5) is 32.4. The molecule has 0 unspecified atom stereocenters. The van der Waals surface area contributed by atoms with E-state index in [-0.39, 0.29) is 38.2 Å². The molecule has 20 nitrogen and oxygen atoms in total. The average molecular weight is 943 g/mol. The molecule has 66 heavy (non-hydrogen) atoms. The van der Waals surface area contributed by atoms with Crippen LogP contribution in [-0.4, -0.2) is 187 Å². The number of esters is 1. The number of hydrogen-bond acceptors (Lipinski definition) is 18. The van der Waals surface area contributed by atoms with Crippen molar-refractivity contribution in [3.05, 3.63) is 34.2 Å². The van der Waals surface area contributed by atoms with Crippen molar-refractivity contribution >= 4 is 11.8 Å². The largest absolute Gasteiger partial charge is 0.462 e. The van der Waals surface area contributed by atoms with Crippen molar-refractivity contribution < 1.29 is 77.8 Å². The lowest BCUT2D eigenvalue weighted by Gasteiger charge is -2.50. The van der Waals surface area contributed by atoms with Gasteiger partial charge in [0.2, 0.25) is 0 Å². The van der Waals surface area contributed by atoms with Gasteiger partial charge in [-0.3, -0.25) is 9.59 Å². The summed E-state index contributed by atoms with van der Waals surface area (Å²) >= 11 is 0. The van der Waals surface area contributed by atoms with Crippen LogP contribution < -0.4 is 0 Å². The number of nitrogens with zero attached hydrogens (tertiary/aromatic N) is 4. The van der Waals surface area contributed by atoms with E-state index in [1.54, 1.807) is 59.7 Å². The van der Waals surface area contributed by atoms with E-state index in [1.807, 2.05) is 19.9 Å². The Kier molecular flexibility index (Phi) is 21.4. The first kappa shape index (κ1) is 56.0. The van der Waals surface area contributed by atoms with E-state index >= 15 is 0 Å². The molecular formula is C46H78N4O16. The molecule has 0 spiro atoms. The highest BCUT2D eigenvalue weighted by Crippen LogP contribution is 2.38. The molecule has 3 fully saturated rings. The first-order valence-corrected chi connectivity index (χ1v) is 23.2. The van der Waals surface area contributed by atoms with Crippen LogP contribution in [0, 0.1) is 23.7 Å². The SMILES string of the molecule is CC[C@H]1OC(=O)C[C@@H](O)[C@H](C)[C@@H](O[C@@H]2O[C@H](C)[C@@H](O[C@H]3C[C@@](C)(O)[C@@H](O)[C@H](C)O3)[C@H](N(C)C)[C@H]2O)[C@@H](CCN=[N+]=[N-])C[C@@H](C)C(=O)/C=C/C(C)=C/[C@@H]1CO[C@@H]1O[C@H](C)[C@@H](O)[C@@H](OC)[C@H]1OC. The molecule has 0 radical (unpaired) electrons. The Hall–Kier alpha value is -2.63. The van der Waals surface area contributed by atoms with Crippen LogP contribution in [0.2, 0.25) is 0 Å². The summed E-state index contributed by atoms with van der Waals surface area (Å²) in [5.41, 5.74) is 8.42. The quantitative estimate of drug-likeness (QED) is 0.0725. The predicted molar refractivity (Wildman–Crippen MR) is 238 cm³/mol. The number of allylic oxidation sites excluding steroid dienone is 3. The van der Waals surface area contributed by atoms with Crippen molar-refractivity contribution in [2.24, 2.45) is 28.8 Å². The number of cyclic esters (lactones) is 1. The number of ketones is 1. The fourth-order valence-electron chi connectivity index (χ4n) is 9.71. The molecule has 0 aromatic heterocycles. The second-order valence-electron chi connectivity index (χ2n) is 19.1. The number of ether oxygens (including phenoxy) is 9. The van der Waals surface area contributed by atoms with Crippen molar-refractivity contribution in [3.8, 4) is 0 Å². The van der Waals surface area contributed by atoms with Crippen LogP contribution in [0.1, 0.15) is 87.5 Å². The maximum atomic E-state index is 13.9. The summed E-state index contributed by atoms with van der Waals surface area (Å²) in [5.74, 6) is -3.40. The van der Waals surface area contributed by atoms with Crippen molar-refractivity contribution in [2.45, 2.75) is 191 Å². The van der Waals surface area contributed by atoms with Gasteiger partial charge in [0.1, 0.15) is 42.7 Å². The summed E-state index contributed by atoms with van der Waals surface area (Å²) < 4.78 is 55.0. The number of aliphatic hydroxyl groups is 5. The van der Waals surface area contributed by atoms with Gasteiger partial charge in [-0.25, -0.2) is 0 Å². The van der Waals surface area contributed by atoms with Crippen LogP contribution >= 0.6 is 0 Å². The van der Waals surface area contributed by atoms with Crippen molar-refractivity contribution in [3.63, 3.8) is 0 Å². The second kappa shape index (κ2) is 25.3. The van der Waals surface area contributed by atoms with E-state index in [1.165, 1.54) is 27.2 Å². The van der Waals surface area contributed by atoms with E-state index in [4.69, 9.17) is 42.6 Å². The van der Waals surface area contributed by atoms with E-state index in [9.17, 15) is 40.7 Å². The van der Waals surface area contributed by atoms with Gasteiger partial charge in [0, 0.05) is 49.9 Å². The summed E-state index contributed by atoms with van der Waals surface area (Å²) in [7, 11) is 6.45. The van der Waals surface area contributed by atoms with Gasteiger partial charge >= 0.3 is 5.97 Å². The molecule has 378 valence electrons. The van der Waals surface area contributed by atoms with Crippen LogP contribution in [0.15, 0.2) is 28.9 Å². The zero-order chi connectivity index (χ0) is 49.2. The van der Waals surface area contributed by atoms with E-state index in [0.29, 0.717) is 12.0 Å². The molecule has 0 aliphatic carbocycles. The lowest BCUT2D eigenvalue weighted by atomic mass is 9.79. The zero-order valence-electron chi connectivity index (χ0n) is 40.7. The molecule has 4 aliphatic heterocycles. The van der Waals surface area contributed by atoms with Crippen LogP contribution in [0.3, 0.4) is 0 Å². The molecule has 0 aromatic rings. The van der Waals surface area contributed by atoms with Gasteiger partial charge in [-0.1, -0.05) is 43.6 Å². The van der Waals surface area contributed by atoms with Gasteiger partial charge in [-0.15, -0.1) is 0 Å². The lowest BCUT2D eigenvalue weighted by molar-refractivity contribution is -0.342. The second-order valence-corrected chi connectivity index (χ2v) is 19.1. The minimum atomic E-state index is -1.49. The molecule has 4 aliphatic rings.